The fraction of sp³-hybridized carbons (Fsp3) is 0.280. The maximum Gasteiger partial charge on any atom is 0.257 e. The molecule has 2 aromatic carbocycles. The van der Waals surface area contributed by atoms with Crippen molar-refractivity contribution >= 4 is 17.8 Å². The largest absolute Gasteiger partial charge is 0.493 e. The zero-order chi connectivity index (χ0) is 21.1. The van der Waals surface area contributed by atoms with E-state index < -0.39 is 0 Å². The lowest BCUT2D eigenvalue weighted by Gasteiger charge is -2.34. The first-order chi connectivity index (χ1) is 14.6. The number of fused-ring (bicyclic) bond motifs is 3. The molecule has 0 spiro atoms. The van der Waals surface area contributed by atoms with E-state index in [9.17, 15) is 4.79 Å². The van der Waals surface area contributed by atoms with Gasteiger partial charge in [0.2, 0.25) is 0 Å². The number of carbonyl (C=O) groups is 1. The average Bonchev–Trinajstić information content (AvgIpc) is 2.91. The molecule has 0 saturated carbocycles. The van der Waals surface area contributed by atoms with Crippen LogP contribution in [0.25, 0.3) is 0 Å². The first-order valence-corrected chi connectivity index (χ1v) is 10.2. The van der Waals surface area contributed by atoms with Crippen LogP contribution < -0.4 is 9.47 Å². The van der Waals surface area contributed by atoms with E-state index in [1.807, 2.05) is 23.2 Å². The van der Waals surface area contributed by atoms with Crippen LogP contribution in [0.15, 0.2) is 65.7 Å². The fourth-order valence-corrected chi connectivity index (χ4v) is 3.95. The maximum absolute atomic E-state index is 13.4. The molecule has 5 heteroatoms. The summed E-state index contributed by atoms with van der Waals surface area (Å²) in [4.78, 5) is 19.9. The zero-order valence-corrected chi connectivity index (χ0v) is 17.4. The Bertz CT molecular complexity index is 1040. The lowest BCUT2D eigenvalue weighted by molar-refractivity contribution is 0.0703. The van der Waals surface area contributed by atoms with Crippen LogP contribution in [0.3, 0.4) is 0 Å². The molecule has 1 amide bonds. The molecule has 5 nitrogen and oxygen atoms in total. The first-order valence-electron chi connectivity index (χ1n) is 10.2. The summed E-state index contributed by atoms with van der Waals surface area (Å²) in [6.45, 7) is 6.86. The Morgan fingerprint density at radius 2 is 2.07 bits per heavy atom. The highest BCUT2D eigenvalue weighted by Gasteiger charge is 2.33. The van der Waals surface area contributed by atoms with Crippen LogP contribution >= 0.6 is 0 Å². The van der Waals surface area contributed by atoms with Crippen molar-refractivity contribution in [3.05, 3.63) is 77.4 Å². The standard InChI is InChI=1S/C25H26N2O3/c1-4-8-17(5-2)16-30-24-13-22-21(12-23(24)29-3)25(28)27-15-19-10-7-6-9-18(19)11-20(27)14-26-22/h5-10,12-14,20H,2,4,11,15-16H2,1,3H3/b17-8+/t20-/m0/s1. The van der Waals surface area contributed by atoms with Gasteiger partial charge in [-0.05, 0) is 35.6 Å². The van der Waals surface area contributed by atoms with Gasteiger partial charge < -0.3 is 14.4 Å². The predicted molar refractivity (Wildman–Crippen MR) is 119 cm³/mol. The third kappa shape index (κ3) is 3.75. The van der Waals surface area contributed by atoms with E-state index in [4.69, 9.17) is 9.47 Å². The van der Waals surface area contributed by atoms with Crippen molar-refractivity contribution in [1.82, 2.24) is 4.90 Å². The molecule has 2 heterocycles. The molecule has 1 atom stereocenters. The Balaban J connectivity index is 1.66. The number of rotatable bonds is 6. The average molecular weight is 402 g/mol. The number of hydrogen-bond acceptors (Lipinski definition) is 4. The normalized spacial score (nSPS) is 17.5. The third-order valence-electron chi connectivity index (χ3n) is 5.57. The van der Waals surface area contributed by atoms with Crippen molar-refractivity contribution in [3.63, 3.8) is 0 Å². The van der Waals surface area contributed by atoms with Crippen LogP contribution in [0.1, 0.15) is 34.8 Å². The summed E-state index contributed by atoms with van der Waals surface area (Å²) in [5.74, 6) is 1.05. The van der Waals surface area contributed by atoms with Gasteiger partial charge >= 0.3 is 0 Å². The number of methoxy groups -OCH3 is 1. The SMILES string of the molecule is C=C/C(=C\CC)COc1cc2c(cc1OC)C(=O)N1Cc3ccccc3C[C@H]1C=N2. The number of hydrogen-bond donors (Lipinski definition) is 0. The number of allylic oxidation sites excluding steroid dienone is 1. The van der Waals surface area contributed by atoms with Crippen LogP contribution in [0.2, 0.25) is 0 Å². The summed E-state index contributed by atoms with van der Waals surface area (Å²) in [7, 11) is 1.58. The summed E-state index contributed by atoms with van der Waals surface area (Å²) in [5.41, 5.74) is 4.60. The molecule has 2 aromatic rings. The van der Waals surface area contributed by atoms with Crippen molar-refractivity contribution < 1.29 is 14.3 Å². The lowest BCUT2D eigenvalue weighted by Crippen LogP contribution is -2.44. The second-order valence-electron chi connectivity index (χ2n) is 7.45. The van der Waals surface area contributed by atoms with Gasteiger partial charge in [0.15, 0.2) is 11.5 Å². The molecule has 154 valence electrons. The first kappa shape index (κ1) is 20.0. The molecule has 0 aromatic heterocycles. The van der Waals surface area contributed by atoms with Crippen molar-refractivity contribution in [2.45, 2.75) is 32.4 Å². The molecule has 2 aliphatic heterocycles. The van der Waals surface area contributed by atoms with E-state index in [2.05, 4.69) is 36.7 Å². The smallest absolute Gasteiger partial charge is 0.257 e. The van der Waals surface area contributed by atoms with Crippen molar-refractivity contribution in [2.75, 3.05) is 13.7 Å². The fourth-order valence-electron chi connectivity index (χ4n) is 3.95. The van der Waals surface area contributed by atoms with Crippen LogP contribution in [0, 0.1) is 0 Å². The van der Waals surface area contributed by atoms with Crippen molar-refractivity contribution in [1.29, 1.82) is 0 Å². The van der Waals surface area contributed by atoms with Gasteiger partial charge in [-0.25, -0.2) is 0 Å². The summed E-state index contributed by atoms with van der Waals surface area (Å²) in [6.07, 6.45) is 7.41. The molecule has 0 N–H and O–H groups in total. The minimum atomic E-state index is -0.0602. The number of aliphatic imine (C=N–C) groups is 1. The highest BCUT2D eigenvalue weighted by Crippen LogP contribution is 2.38. The van der Waals surface area contributed by atoms with E-state index in [1.165, 1.54) is 11.1 Å². The molecular formula is C25H26N2O3. The van der Waals surface area contributed by atoms with Crippen LogP contribution in [0.5, 0.6) is 11.5 Å². The molecule has 0 saturated heterocycles. The number of nitrogens with zero attached hydrogens (tertiary/aromatic N) is 2. The van der Waals surface area contributed by atoms with E-state index in [0.29, 0.717) is 35.9 Å². The monoisotopic (exact) mass is 402 g/mol. The number of benzene rings is 2. The van der Waals surface area contributed by atoms with Gasteiger partial charge in [0, 0.05) is 18.8 Å². The van der Waals surface area contributed by atoms with Gasteiger partial charge in [0.1, 0.15) is 6.61 Å². The molecule has 4 rings (SSSR count). The Morgan fingerprint density at radius 1 is 1.27 bits per heavy atom. The van der Waals surface area contributed by atoms with E-state index >= 15 is 0 Å². The minimum Gasteiger partial charge on any atom is -0.493 e. The van der Waals surface area contributed by atoms with Crippen molar-refractivity contribution in [3.8, 4) is 11.5 Å². The van der Waals surface area contributed by atoms with E-state index in [-0.39, 0.29) is 11.9 Å². The van der Waals surface area contributed by atoms with Crippen LogP contribution in [0.4, 0.5) is 5.69 Å². The van der Waals surface area contributed by atoms with Gasteiger partial charge in [-0.3, -0.25) is 9.79 Å². The van der Waals surface area contributed by atoms with E-state index in [1.54, 1.807) is 25.3 Å². The van der Waals surface area contributed by atoms with Crippen LogP contribution in [-0.2, 0) is 13.0 Å². The summed E-state index contributed by atoms with van der Waals surface area (Å²) < 4.78 is 11.5. The Morgan fingerprint density at radius 3 is 2.80 bits per heavy atom. The Kier molecular flexibility index (Phi) is 5.70. The molecular weight excluding hydrogens is 376 g/mol. The van der Waals surface area contributed by atoms with Gasteiger partial charge in [-0.15, -0.1) is 0 Å². The number of amides is 1. The molecule has 30 heavy (non-hydrogen) atoms. The predicted octanol–water partition coefficient (Wildman–Crippen LogP) is 4.88. The molecule has 2 aliphatic rings. The van der Waals surface area contributed by atoms with Gasteiger partial charge in [0.05, 0.1) is 24.4 Å². The lowest BCUT2D eigenvalue weighted by atomic mass is 9.94. The van der Waals surface area contributed by atoms with Gasteiger partial charge in [0.25, 0.3) is 5.91 Å². The zero-order valence-electron chi connectivity index (χ0n) is 17.4. The topological polar surface area (TPSA) is 51.1 Å². The highest BCUT2D eigenvalue weighted by molar-refractivity contribution is 6.03. The number of ether oxygens (including phenoxy) is 2. The summed E-state index contributed by atoms with van der Waals surface area (Å²) in [6, 6.07) is 11.7. The summed E-state index contributed by atoms with van der Waals surface area (Å²) in [5, 5.41) is 0. The van der Waals surface area contributed by atoms with Crippen molar-refractivity contribution in [2.24, 2.45) is 4.99 Å². The van der Waals surface area contributed by atoms with Gasteiger partial charge in [-0.2, -0.15) is 0 Å². The maximum atomic E-state index is 13.4. The minimum absolute atomic E-state index is 0.0375. The van der Waals surface area contributed by atoms with E-state index in [0.717, 1.165) is 18.4 Å². The molecule has 0 aliphatic carbocycles. The quantitative estimate of drug-likeness (QED) is 0.647. The Labute approximate surface area is 177 Å². The molecule has 0 bridgehead atoms. The number of carbonyl (C=O) groups excluding carboxylic acids is 1. The highest BCUT2D eigenvalue weighted by atomic mass is 16.5. The van der Waals surface area contributed by atoms with Crippen LogP contribution in [-0.4, -0.2) is 36.8 Å². The molecule has 0 radical (unpaired) electrons. The van der Waals surface area contributed by atoms with Gasteiger partial charge in [-0.1, -0.05) is 49.9 Å². The molecule has 0 fully saturated rings. The summed E-state index contributed by atoms with van der Waals surface area (Å²) >= 11 is 0. The molecule has 0 unspecified atom stereocenters. The Hall–Kier alpha value is -3.34. The second kappa shape index (κ2) is 8.57. The third-order valence-corrected chi connectivity index (χ3v) is 5.57. The second-order valence-corrected chi connectivity index (χ2v) is 7.45.